The maximum atomic E-state index is 8.07. The van der Waals surface area contributed by atoms with Crippen LogP contribution in [-0.2, 0) is 11.8 Å². The molecule has 0 amide bonds. The van der Waals surface area contributed by atoms with E-state index in [2.05, 4.69) is 4.98 Å². The fourth-order valence-electron chi connectivity index (χ4n) is 0.535. The molecule has 0 aliphatic rings. The molecule has 1 N–H and O–H groups in total. The van der Waals surface area contributed by atoms with Crippen molar-refractivity contribution in [3.05, 3.63) is 18.7 Å². The molecular weight excluding hydrogens is 156 g/mol. The number of aryl methyl sites for hydroxylation is 1. The summed E-state index contributed by atoms with van der Waals surface area (Å²) in [6.07, 6.45) is 5.39. The van der Waals surface area contributed by atoms with Gasteiger partial charge < -0.3 is 14.4 Å². The summed E-state index contributed by atoms with van der Waals surface area (Å²) in [7, 11) is 1.94. The summed E-state index contributed by atoms with van der Waals surface area (Å²) in [6.45, 7) is 3.20. The second-order valence-corrected chi connectivity index (χ2v) is 2.15. The second kappa shape index (κ2) is 8.23. The van der Waals surface area contributed by atoms with Gasteiger partial charge in [0.25, 0.3) is 0 Å². The highest BCUT2D eigenvalue weighted by Gasteiger charge is 1.73. The standard InChI is InChI=1S/C4H6N2.C4H10O2/c1-6-3-2-5-4-6;1-2-6-4-3-5/h2-4H,1H3;5H,2-4H2,1H3. The summed E-state index contributed by atoms with van der Waals surface area (Å²) < 4.78 is 6.62. The molecule has 0 aliphatic carbocycles. The number of aromatic nitrogens is 2. The molecule has 1 aromatic heterocycles. The van der Waals surface area contributed by atoms with Crippen molar-refractivity contribution in [2.24, 2.45) is 7.05 Å². The molecular formula is C8H16N2O2. The third-order valence-corrected chi connectivity index (χ3v) is 1.08. The van der Waals surface area contributed by atoms with Gasteiger partial charge in [0.05, 0.1) is 19.5 Å². The van der Waals surface area contributed by atoms with Crippen LogP contribution in [0.25, 0.3) is 0 Å². The van der Waals surface area contributed by atoms with E-state index < -0.39 is 0 Å². The maximum absolute atomic E-state index is 8.07. The molecule has 0 unspecified atom stereocenters. The van der Waals surface area contributed by atoms with Crippen LogP contribution in [0.3, 0.4) is 0 Å². The summed E-state index contributed by atoms with van der Waals surface area (Å²) in [4.78, 5) is 3.78. The molecule has 0 fully saturated rings. The fourth-order valence-corrected chi connectivity index (χ4v) is 0.535. The summed E-state index contributed by atoms with van der Waals surface area (Å²) in [5.74, 6) is 0. The van der Waals surface area contributed by atoms with Crippen molar-refractivity contribution in [3.8, 4) is 0 Å². The lowest BCUT2D eigenvalue weighted by atomic mass is 10.8. The molecule has 0 aromatic carbocycles. The number of aliphatic hydroxyl groups is 1. The predicted molar refractivity (Wildman–Crippen MR) is 46.8 cm³/mol. The second-order valence-electron chi connectivity index (χ2n) is 2.15. The summed E-state index contributed by atoms with van der Waals surface area (Å²) in [5, 5.41) is 8.07. The SMILES string of the molecule is CCOCCO.Cn1ccnc1. The molecule has 12 heavy (non-hydrogen) atoms. The van der Waals surface area contributed by atoms with Crippen LogP contribution in [-0.4, -0.2) is 34.5 Å². The minimum atomic E-state index is 0.133. The minimum Gasteiger partial charge on any atom is -0.394 e. The van der Waals surface area contributed by atoms with Crippen molar-refractivity contribution < 1.29 is 9.84 Å². The first-order chi connectivity index (χ1) is 5.81. The highest BCUT2D eigenvalue weighted by atomic mass is 16.5. The van der Waals surface area contributed by atoms with Crippen molar-refractivity contribution in [2.75, 3.05) is 19.8 Å². The van der Waals surface area contributed by atoms with Gasteiger partial charge >= 0.3 is 0 Å². The number of hydrogen-bond donors (Lipinski definition) is 1. The first-order valence-corrected chi connectivity index (χ1v) is 3.91. The highest BCUT2D eigenvalue weighted by Crippen LogP contribution is 1.73. The number of aliphatic hydroxyl groups excluding tert-OH is 1. The van der Waals surface area contributed by atoms with Crippen LogP contribution in [0.2, 0.25) is 0 Å². The lowest BCUT2D eigenvalue weighted by Crippen LogP contribution is -1.96. The normalized spacial score (nSPS) is 8.92. The Bertz CT molecular complexity index is 160. The topological polar surface area (TPSA) is 47.3 Å². The van der Waals surface area contributed by atoms with Gasteiger partial charge in [0, 0.05) is 26.0 Å². The lowest BCUT2D eigenvalue weighted by molar-refractivity contribution is 0.102. The van der Waals surface area contributed by atoms with Crippen molar-refractivity contribution >= 4 is 0 Å². The maximum Gasteiger partial charge on any atom is 0.0943 e. The van der Waals surface area contributed by atoms with Crippen LogP contribution in [0.1, 0.15) is 6.92 Å². The number of nitrogens with zero attached hydrogens (tertiary/aromatic N) is 2. The van der Waals surface area contributed by atoms with E-state index in [4.69, 9.17) is 9.84 Å². The number of ether oxygens (including phenoxy) is 1. The number of rotatable bonds is 3. The Hall–Kier alpha value is -0.870. The van der Waals surface area contributed by atoms with Crippen LogP contribution in [0.5, 0.6) is 0 Å². The van der Waals surface area contributed by atoms with E-state index in [9.17, 15) is 0 Å². The van der Waals surface area contributed by atoms with Gasteiger partial charge in [-0.2, -0.15) is 0 Å². The Morgan fingerprint density at radius 1 is 1.58 bits per heavy atom. The molecule has 0 atom stereocenters. The van der Waals surface area contributed by atoms with E-state index in [1.165, 1.54) is 0 Å². The van der Waals surface area contributed by atoms with E-state index in [1.54, 1.807) is 12.5 Å². The van der Waals surface area contributed by atoms with E-state index in [1.807, 2.05) is 24.7 Å². The Balaban J connectivity index is 0.000000202. The zero-order valence-corrected chi connectivity index (χ0v) is 7.60. The minimum absolute atomic E-state index is 0.133. The number of imidazole rings is 1. The molecule has 1 heterocycles. The average molecular weight is 172 g/mol. The molecule has 1 aromatic rings. The van der Waals surface area contributed by atoms with Crippen molar-refractivity contribution in [2.45, 2.75) is 6.92 Å². The van der Waals surface area contributed by atoms with Gasteiger partial charge in [0.2, 0.25) is 0 Å². The summed E-state index contributed by atoms with van der Waals surface area (Å²) in [5.41, 5.74) is 0. The van der Waals surface area contributed by atoms with Gasteiger partial charge in [0.15, 0.2) is 0 Å². The Labute approximate surface area is 72.8 Å². The Morgan fingerprint density at radius 3 is 2.50 bits per heavy atom. The molecule has 1 rings (SSSR count). The first kappa shape index (κ1) is 11.1. The summed E-state index contributed by atoms with van der Waals surface area (Å²) >= 11 is 0. The van der Waals surface area contributed by atoms with E-state index >= 15 is 0 Å². The van der Waals surface area contributed by atoms with Crippen LogP contribution < -0.4 is 0 Å². The third-order valence-electron chi connectivity index (χ3n) is 1.08. The molecule has 70 valence electrons. The predicted octanol–water partition coefficient (Wildman–Crippen LogP) is 0.435. The zero-order chi connectivity index (χ0) is 9.23. The van der Waals surface area contributed by atoms with Gasteiger partial charge in [0.1, 0.15) is 0 Å². The molecule has 0 spiro atoms. The van der Waals surface area contributed by atoms with Crippen LogP contribution >= 0.6 is 0 Å². The van der Waals surface area contributed by atoms with Gasteiger partial charge in [-0.1, -0.05) is 0 Å². The Morgan fingerprint density at radius 2 is 2.33 bits per heavy atom. The van der Waals surface area contributed by atoms with Crippen molar-refractivity contribution in [1.82, 2.24) is 9.55 Å². The zero-order valence-electron chi connectivity index (χ0n) is 7.60. The monoisotopic (exact) mass is 172 g/mol. The van der Waals surface area contributed by atoms with Crippen LogP contribution in [0.15, 0.2) is 18.7 Å². The number of hydrogen-bond acceptors (Lipinski definition) is 3. The largest absolute Gasteiger partial charge is 0.394 e. The molecule has 4 nitrogen and oxygen atoms in total. The fraction of sp³-hybridized carbons (Fsp3) is 0.625. The van der Waals surface area contributed by atoms with Crippen LogP contribution in [0, 0.1) is 0 Å². The lowest BCUT2D eigenvalue weighted by Gasteiger charge is -1.91. The van der Waals surface area contributed by atoms with Gasteiger partial charge in [-0.25, -0.2) is 4.98 Å². The quantitative estimate of drug-likeness (QED) is 0.673. The average Bonchev–Trinajstić information content (AvgIpc) is 2.53. The Kier molecular flexibility index (Phi) is 7.63. The highest BCUT2D eigenvalue weighted by molar-refractivity contribution is 4.70. The van der Waals surface area contributed by atoms with Crippen molar-refractivity contribution in [1.29, 1.82) is 0 Å². The van der Waals surface area contributed by atoms with E-state index in [0.29, 0.717) is 13.2 Å². The van der Waals surface area contributed by atoms with E-state index in [0.717, 1.165) is 0 Å². The van der Waals surface area contributed by atoms with Gasteiger partial charge in [-0.15, -0.1) is 0 Å². The smallest absolute Gasteiger partial charge is 0.0943 e. The summed E-state index contributed by atoms with van der Waals surface area (Å²) in [6, 6.07) is 0. The molecule has 0 aliphatic heterocycles. The third kappa shape index (κ3) is 7.24. The molecule has 0 saturated heterocycles. The molecule has 0 bridgehead atoms. The van der Waals surface area contributed by atoms with Crippen LogP contribution in [0.4, 0.5) is 0 Å². The van der Waals surface area contributed by atoms with Crippen molar-refractivity contribution in [3.63, 3.8) is 0 Å². The van der Waals surface area contributed by atoms with Gasteiger partial charge in [-0.3, -0.25) is 0 Å². The first-order valence-electron chi connectivity index (χ1n) is 3.91. The molecule has 4 heteroatoms. The van der Waals surface area contributed by atoms with Gasteiger partial charge in [-0.05, 0) is 6.92 Å². The molecule has 0 radical (unpaired) electrons. The van der Waals surface area contributed by atoms with E-state index in [-0.39, 0.29) is 6.61 Å². The molecule has 0 saturated carbocycles.